The predicted molar refractivity (Wildman–Crippen MR) is 80.1 cm³/mol. The van der Waals surface area contributed by atoms with Crippen molar-refractivity contribution in [3.8, 4) is 0 Å². The highest BCUT2D eigenvalue weighted by atomic mass is 32.2. The van der Waals surface area contributed by atoms with Crippen LogP contribution in [0.4, 0.5) is 5.13 Å². The second-order valence-electron chi connectivity index (χ2n) is 3.93. The van der Waals surface area contributed by atoms with Gasteiger partial charge < -0.3 is 4.74 Å². The SMILES string of the molecule is CCOC(=O)Cc1csc(NS(=O)(=O)c2cnc(C)s2)n1. The lowest BCUT2D eigenvalue weighted by atomic mass is 10.3. The van der Waals surface area contributed by atoms with Crippen LogP contribution in [-0.4, -0.2) is 31.0 Å². The molecule has 0 atom stereocenters. The van der Waals surface area contributed by atoms with Crippen molar-refractivity contribution < 1.29 is 17.9 Å². The highest BCUT2D eigenvalue weighted by molar-refractivity contribution is 7.94. The first-order valence-electron chi connectivity index (χ1n) is 5.96. The zero-order valence-electron chi connectivity index (χ0n) is 11.3. The average Bonchev–Trinajstić information content (AvgIpc) is 2.99. The summed E-state index contributed by atoms with van der Waals surface area (Å²) in [7, 11) is -3.68. The van der Waals surface area contributed by atoms with Crippen molar-refractivity contribution in [2.75, 3.05) is 11.3 Å². The van der Waals surface area contributed by atoms with Gasteiger partial charge in [-0.15, -0.1) is 22.7 Å². The highest BCUT2D eigenvalue weighted by Crippen LogP contribution is 2.23. The van der Waals surface area contributed by atoms with E-state index in [-0.39, 0.29) is 15.8 Å². The molecule has 2 aromatic rings. The molecular weight excluding hydrogens is 334 g/mol. The molecule has 0 radical (unpaired) electrons. The van der Waals surface area contributed by atoms with E-state index in [0.29, 0.717) is 17.3 Å². The topological polar surface area (TPSA) is 98.2 Å². The molecule has 0 aromatic carbocycles. The fraction of sp³-hybridized carbons (Fsp3) is 0.364. The molecule has 114 valence electrons. The number of thiazole rings is 2. The summed E-state index contributed by atoms with van der Waals surface area (Å²) in [6.45, 7) is 3.74. The monoisotopic (exact) mass is 347 g/mol. The molecule has 2 aromatic heterocycles. The number of hydrogen-bond acceptors (Lipinski definition) is 8. The number of carbonyl (C=O) groups is 1. The van der Waals surface area contributed by atoms with Crippen LogP contribution in [0.25, 0.3) is 0 Å². The van der Waals surface area contributed by atoms with Crippen molar-refractivity contribution in [2.24, 2.45) is 0 Å². The zero-order valence-corrected chi connectivity index (χ0v) is 13.8. The summed E-state index contributed by atoms with van der Waals surface area (Å²) >= 11 is 2.19. The third kappa shape index (κ3) is 4.22. The smallest absolute Gasteiger partial charge is 0.311 e. The summed E-state index contributed by atoms with van der Waals surface area (Å²) in [6, 6.07) is 0. The maximum Gasteiger partial charge on any atom is 0.311 e. The van der Waals surface area contributed by atoms with E-state index in [1.165, 1.54) is 6.20 Å². The summed E-state index contributed by atoms with van der Waals surface area (Å²) < 4.78 is 31.5. The van der Waals surface area contributed by atoms with Crippen molar-refractivity contribution in [2.45, 2.75) is 24.5 Å². The molecule has 2 rings (SSSR count). The minimum absolute atomic E-state index is 0.0196. The fourth-order valence-corrected chi connectivity index (χ4v) is 4.50. The van der Waals surface area contributed by atoms with Crippen LogP contribution in [0.1, 0.15) is 17.6 Å². The lowest BCUT2D eigenvalue weighted by molar-refractivity contribution is -0.142. The molecule has 0 fully saturated rings. The molecule has 0 aliphatic carbocycles. The molecular formula is C11H13N3O4S3. The van der Waals surface area contributed by atoms with Crippen LogP contribution < -0.4 is 4.72 Å². The van der Waals surface area contributed by atoms with E-state index in [1.807, 2.05) is 0 Å². The van der Waals surface area contributed by atoms with Crippen molar-refractivity contribution in [1.82, 2.24) is 9.97 Å². The third-order valence-electron chi connectivity index (χ3n) is 2.27. The Bertz CT molecular complexity index is 735. The van der Waals surface area contributed by atoms with Gasteiger partial charge in [-0.1, -0.05) is 0 Å². The van der Waals surface area contributed by atoms with Gasteiger partial charge in [-0.3, -0.25) is 9.52 Å². The van der Waals surface area contributed by atoms with Gasteiger partial charge in [-0.05, 0) is 13.8 Å². The molecule has 0 saturated heterocycles. The highest BCUT2D eigenvalue weighted by Gasteiger charge is 2.19. The number of hydrogen-bond donors (Lipinski definition) is 1. The number of anilines is 1. The first-order valence-corrected chi connectivity index (χ1v) is 9.14. The molecule has 0 spiro atoms. The Labute approximate surface area is 130 Å². The standard InChI is InChI=1S/C11H13N3O4S3/c1-3-18-9(15)4-8-6-19-11(13-8)14-21(16,17)10-5-12-7(2)20-10/h5-6H,3-4H2,1-2H3,(H,13,14). The summed E-state index contributed by atoms with van der Waals surface area (Å²) in [5, 5.41) is 2.49. The maximum absolute atomic E-state index is 12.1. The van der Waals surface area contributed by atoms with Gasteiger partial charge in [0.25, 0.3) is 10.0 Å². The molecule has 21 heavy (non-hydrogen) atoms. The van der Waals surface area contributed by atoms with Crippen LogP contribution in [0, 0.1) is 6.92 Å². The van der Waals surface area contributed by atoms with E-state index < -0.39 is 16.0 Å². The van der Waals surface area contributed by atoms with Crippen LogP contribution in [0.3, 0.4) is 0 Å². The number of nitrogens with one attached hydrogen (secondary N) is 1. The molecule has 7 nitrogen and oxygen atoms in total. The number of rotatable bonds is 6. The Balaban J connectivity index is 2.07. The molecule has 0 bridgehead atoms. The molecule has 10 heteroatoms. The molecule has 0 aliphatic heterocycles. The second-order valence-corrected chi connectivity index (χ2v) is 7.93. The summed E-state index contributed by atoms with van der Waals surface area (Å²) in [6.07, 6.45) is 1.32. The normalized spacial score (nSPS) is 11.3. The van der Waals surface area contributed by atoms with E-state index >= 15 is 0 Å². The number of ether oxygens (including phenoxy) is 1. The van der Waals surface area contributed by atoms with Crippen molar-refractivity contribution in [3.63, 3.8) is 0 Å². The lowest BCUT2D eigenvalue weighted by Gasteiger charge is -2.01. The van der Waals surface area contributed by atoms with Gasteiger partial charge in [0, 0.05) is 5.38 Å². The first-order chi connectivity index (χ1) is 9.90. The van der Waals surface area contributed by atoms with E-state index in [2.05, 4.69) is 14.7 Å². The quantitative estimate of drug-likeness (QED) is 0.800. The largest absolute Gasteiger partial charge is 0.466 e. The van der Waals surface area contributed by atoms with Crippen LogP contribution in [-0.2, 0) is 26.0 Å². The number of nitrogens with zero attached hydrogens (tertiary/aromatic N) is 2. The van der Waals surface area contributed by atoms with E-state index in [1.54, 1.807) is 19.2 Å². The average molecular weight is 347 g/mol. The second kappa shape index (κ2) is 6.50. The number of aryl methyl sites for hydroxylation is 1. The molecule has 0 unspecified atom stereocenters. The maximum atomic E-state index is 12.1. The molecule has 2 heterocycles. The number of aromatic nitrogens is 2. The fourth-order valence-electron chi connectivity index (χ4n) is 1.43. The van der Waals surface area contributed by atoms with E-state index in [9.17, 15) is 13.2 Å². The van der Waals surface area contributed by atoms with Gasteiger partial charge in [0.2, 0.25) is 0 Å². The van der Waals surface area contributed by atoms with Crippen molar-refractivity contribution in [1.29, 1.82) is 0 Å². The number of carbonyl (C=O) groups excluding carboxylic acids is 1. The molecule has 1 N–H and O–H groups in total. The van der Waals surface area contributed by atoms with Gasteiger partial charge in [-0.25, -0.2) is 18.4 Å². The van der Waals surface area contributed by atoms with Crippen LogP contribution in [0.2, 0.25) is 0 Å². The lowest BCUT2D eigenvalue weighted by Crippen LogP contribution is -2.12. The van der Waals surface area contributed by atoms with Gasteiger partial charge in [-0.2, -0.15) is 0 Å². The van der Waals surface area contributed by atoms with E-state index in [4.69, 9.17) is 4.74 Å². The van der Waals surface area contributed by atoms with Crippen LogP contribution >= 0.6 is 22.7 Å². The summed E-state index contributed by atoms with van der Waals surface area (Å²) in [5.41, 5.74) is 0.469. The first kappa shape index (κ1) is 15.9. The van der Waals surface area contributed by atoms with Gasteiger partial charge in [0.05, 0.1) is 29.9 Å². The minimum Gasteiger partial charge on any atom is -0.466 e. The van der Waals surface area contributed by atoms with Gasteiger partial charge in [0.15, 0.2) is 9.34 Å². The van der Waals surface area contributed by atoms with Crippen molar-refractivity contribution in [3.05, 3.63) is 22.3 Å². The third-order valence-corrected chi connectivity index (χ3v) is 5.92. The number of esters is 1. The van der Waals surface area contributed by atoms with E-state index in [0.717, 1.165) is 22.7 Å². The minimum atomic E-state index is -3.68. The number of sulfonamides is 1. The Morgan fingerprint density at radius 3 is 2.86 bits per heavy atom. The Morgan fingerprint density at radius 2 is 2.24 bits per heavy atom. The molecule has 0 amide bonds. The Morgan fingerprint density at radius 1 is 1.48 bits per heavy atom. The zero-order chi connectivity index (χ0) is 15.5. The molecule has 0 saturated carbocycles. The van der Waals surface area contributed by atoms with Crippen molar-refractivity contribution >= 4 is 43.8 Å². The Hall–Kier alpha value is -1.52. The predicted octanol–water partition coefficient (Wildman–Crippen LogP) is 1.81. The summed E-state index contributed by atoms with van der Waals surface area (Å²) in [4.78, 5) is 19.3. The molecule has 0 aliphatic rings. The van der Waals surface area contributed by atoms with Crippen LogP contribution in [0.5, 0.6) is 0 Å². The summed E-state index contributed by atoms with van der Waals surface area (Å²) in [5.74, 6) is -0.393. The van der Waals surface area contributed by atoms with Crippen LogP contribution in [0.15, 0.2) is 15.8 Å². The Kier molecular flexibility index (Phi) is 4.91. The van der Waals surface area contributed by atoms with Gasteiger partial charge >= 0.3 is 5.97 Å². The van der Waals surface area contributed by atoms with Gasteiger partial charge in [0.1, 0.15) is 0 Å².